The van der Waals surface area contributed by atoms with Gasteiger partial charge < -0.3 is 26.4 Å². The molecule has 5 N–H and O–H groups in total. The minimum atomic E-state index is -0.998. The number of carbonyl (C=O) groups is 4. The maximum absolute atomic E-state index is 13.3. The van der Waals surface area contributed by atoms with Gasteiger partial charge in [0.05, 0.1) is 0 Å². The molecule has 0 fully saturated rings. The third kappa shape index (κ3) is 10.3. The predicted molar refractivity (Wildman–Crippen MR) is 141 cm³/mol. The van der Waals surface area contributed by atoms with Crippen LogP contribution in [-0.4, -0.2) is 41.9 Å². The molecule has 0 radical (unpaired) electrons. The third-order valence-corrected chi connectivity index (χ3v) is 5.72. The van der Waals surface area contributed by atoms with Crippen molar-refractivity contribution in [3.8, 4) is 0 Å². The topological polar surface area (TPSA) is 140 Å². The number of benzene rings is 2. The van der Waals surface area contributed by atoms with Gasteiger partial charge in [-0.25, -0.2) is 4.79 Å². The highest BCUT2D eigenvalue weighted by atomic mass is 16.5. The zero-order valence-corrected chi connectivity index (χ0v) is 21.9. The van der Waals surface area contributed by atoms with Gasteiger partial charge in [-0.15, -0.1) is 0 Å². The fraction of sp³-hybridized carbons (Fsp3) is 0.429. The average molecular weight is 511 g/mol. The monoisotopic (exact) mass is 510 g/mol. The van der Waals surface area contributed by atoms with E-state index in [2.05, 4.69) is 16.0 Å². The van der Waals surface area contributed by atoms with Crippen LogP contribution in [0.15, 0.2) is 60.7 Å². The number of amides is 4. The van der Waals surface area contributed by atoms with Gasteiger partial charge >= 0.3 is 6.09 Å². The fourth-order valence-electron chi connectivity index (χ4n) is 3.73. The van der Waals surface area contributed by atoms with Gasteiger partial charge in [-0.1, -0.05) is 88.4 Å². The number of hydrogen-bond acceptors (Lipinski definition) is 5. The standard InChI is InChI=1S/C28H38N4O5/c1-18(2)15-22(25(29)33)30-27(35)24(19(3)4)32-26(34)23(16-20-11-7-5-8-12-20)31-28(36)37-17-21-13-9-6-10-14-21/h5-14,18-19,22-24H,15-17H2,1-4H3,(H2,29,33)(H,30,35)(H,31,36)(H,32,34). The first-order valence-electron chi connectivity index (χ1n) is 12.5. The molecule has 37 heavy (non-hydrogen) atoms. The summed E-state index contributed by atoms with van der Waals surface area (Å²) in [6.07, 6.45) is -0.182. The normalized spacial score (nSPS) is 13.4. The summed E-state index contributed by atoms with van der Waals surface area (Å²) < 4.78 is 5.30. The Labute approximate surface area is 218 Å². The highest BCUT2D eigenvalue weighted by molar-refractivity contribution is 5.93. The van der Waals surface area contributed by atoms with Crippen LogP contribution in [-0.2, 0) is 32.1 Å². The summed E-state index contributed by atoms with van der Waals surface area (Å²) in [7, 11) is 0. The number of carbonyl (C=O) groups excluding carboxylic acids is 4. The van der Waals surface area contributed by atoms with E-state index in [1.165, 1.54) is 0 Å². The van der Waals surface area contributed by atoms with Crippen molar-refractivity contribution in [1.82, 2.24) is 16.0 Å². The predicted octanol–water partition coefficient (Wildman–Crippen LogP) is 2.68. The van der Waals surface area contributed by atoms with Crippen molar-refractivity contribution in [2.45, 2.75) is 65.3 Å². The Morgan fingerprint density at radius 3 is 1.84 bits per heavy atom. The average Bonchev–Trinajstić information content (AvgIpc) is 2.85. The molecule has 0 aliphatic carbocycles. The molecule has 3 atom stereocenters. The van der Waals surface area contributed by atoms with Crippen molar-refractivity contribution < 1.29 is 23.9 Å². The van der Waals surface area contributed by atoms with Gasteiger partial charge in [0, 0.05) is 6.42 Å². The number of alkyl carbamates (subject to hydrolysis) is 1. The summed E-state index contributed by atoms with van der Waals surface area (Å²) >= 11 is 0. The highest BCUT2D eigenvalue weighted by Gasteiger charge is 2.31. The molecule has 0 saturated heterocycles. The maximum Gasteiger partial charge on any atom is 0.408 e. The lowest BCUT2D eigenvalue weighted by atomic mass is 9.99. The molecule has 4 amide bonds. The molecule has 9 heteroatoms. The zero-order valence-electron chi connectivity index (χ0n) is 21.9. The molecule has 0 bridgehead atoms. The summed E-state index contributed by atoms with van der Waals surface area (Å²) in [5.74, 6) is -1.86. The number of nitrogens with two attached hydrogens (primary N) is 1. The van der Waals surface area contributed by atoms with Crippen LogP contribution in [0.5, 0.6) is 0 Å². The van der Waals surface area contributed by atoms with Crippen LogP contribution in [0.25, 0.3) is 0 Å². The van der Waals surface area contributed by atoms with E-state index in [1.54, 1.807) is 13.8 Å². The SMILES string of the molecule is CC(C)CC(NC(=O)C(NC(=O)C(Cc1ccccc1)NC(=O)OCc1ccccc1)C(C)C)C(N)=O. The van der Waals surface area contributed by atoms with Gasteiger partial charge in [0.15, 0.2) is 0 Å². The van der Waals surface area contributed by atoms with E-state index in [4.69, 9.17) is 10.5 Å². The molecule has 0 aliphatic rings. The second-order valence-corrected chi connectivity index (χ2v) is 9.77. The summed E-state index contributed by atoms with van der Waals surface area (Å²) in [4.78, 5) is 50.7. The van der Waals surface area contributed by atoms with Gasteiger partial charge in [-0.05, 0) is 29.4 Å². The van der Waals surface area contributed by atoms with Crippen molar-refractivity contribution in [2.24, 2.45) is 17.6 Å². The molecule has 0 aliphatic heterocycles. The Bertz CT molecular complexity index is 1030. The first kappa shape index (κ1) is 29.4. The van der Waals surface area contributed by atoms with Gasteiger partial charge in [0.2, 0.25) is 17.7 Å². The van der Waals surface area contributed by atoms with E-state index < -0.39 is 41.9 Å². The minimum absolute atomic E-state index is 0.0493. The van der Waals surface area contributed by atoms with Crippen molar-refractivity contribution in [2.75, 3.05) is 0 Å². The van der Waals surface area contributed by atoms with E-state index in [9.17, 15) is 19.2 Å². The number of primary amides is 1. The first-order chi connectivity index (χ1) is 17.6. The zero-order chi connectivity index (χ0) is 27.4. The number of nitrogens with one attached hydrogen (secondary N) is 3. The summed E-state index contributed by atoms with van der Waals surface area (Å²) in [6, 6.07) is 15.6. The van der Waals surface area contributed by atoms with Crippen LogP contribution in [0.1, 0.15) is 45.2 Å². The first-order valence-corrected chi connectivity index (χ1v) is 12.5. The lowest BCUT2D eigenvalue weighted by Gasteiger charge is -2.27. The molecule has 2 aromatic carbocycles. The summed E-state index contributed by atoms with van der Waals surface area (Å²) in [6.45, 7) is 7.44. The Kier molecular flexibility index (Phi) is 11.6. The lowest BCUT2D eigenvalue weighted by Crippen LogP contribution is -2.58. The Hall–Kier alpha value is -3.88. The second-order valence-electron chi connectivity index (χ2n) is 9.77. The summed E-state index contributed by atoms with van der Waals surface area (Å²) in [5.41, 5.74) is 7.10. The Balaban J connectivity index is 2.13. The third-order valence-electron chi connectivity index (χ3n) is 5.72. The van der Waals surface area contributed by atoms with Crippen LogP contribution >= 0.6 is 0 Å². The van der Waals surface area contributed by atoms with Crippen LogP contribution in [0.2, 0.25) is 0 Å². The Morgan fingerprint density at radius 2 is 1.32 bits per heavy atom. The molecule has 3 unspecified atom stereocenters. The van der Waals surface area contributed by atoms with Crippen LogP contribution < -0.4 is 21.7 Å². The maximum atomic E-state index is 13.3. The number of ether oxygens (including phenoxy) is 1. The molecule has 9 nitrogen and oxygen atoms in total. The van der Waals surface area contributed by atoms with Gasteiger partial charge in [0.25, 0.3) is 0 Å². The van der Waals surface area contributed by atoms with Gasteiger partial charge in [0.1, 0.15) is 24.7 Å². The smallest absolute Gasteiger partial charge is 0.408 e. The molecule has 2 aromatic rings. The van der Waals surface area contributed by atoms with E-state index in [1.807, 2.05) is 74.5 Å². The van der Waals surface area contributed by atoms with Gasteiger partial charge in [-0.2, -0.15) is 0 Å². The molecular formula is C28H38N4O5. The molecule has 0 aromatic heterocycles. The van der Waals surface area contributed by atoms with E-state index in [0.717, 1.165) is 11.1 Å². The van der Waals surface area contributed by atoms with Crippen molar-refractivity contribution >= 4 is 23.8 Å². The van der Waals surface area contributed by atoms with Crippen molar-refractivity contribution in [3.63, 3.8) is 0 Å². The van der Waals surface area contributed by atoms with Crippen LogP contribution in [0.4, 0.5) is 4.79 Å². The number of hydrogen-bond donors (Lipinski definition) is 4. The Morgan fingerprint density at radius 1 is 0.757 bits per heavy atom. The molecular weight excluding hydrogens is 472 g/mol. The van der Waals surface area contributed by atoms with E-state index in [0.29, 0.717) is 6.42 Å². The molecule has 0 saturated carbocycles. The lowest BCUT2D eigenvalue weighted by molar-refractivity contribution is -0.133. The molecule has 2 rings (SSSR count). The molecule has 0 heterocycles. The van der Waals surface area contributed by atoms with E-state index >= 15 is 0 Å². The van der Waals surface area contributed by atoms with Crippen molar-refractivity contribution in [1.29, 1.82) is 0 Å². The fourth-order valence-corrected chi connectivity index (χ4v) is 3.73. The minimum Gasteiger partial charge on any atom is -0.445 e. The van der Waals surface area contributed by atoms with E-state index in [-0.39, 0.29) is 24.9 Å². The largest absolute Gasteiger partial charge is 0.445 e. The van der Waals surface area contributed by atoms with Crippen LogP contribution in [0, 0.1) is 11.8 Å². The highest BCUT2D eigenvalue weighted by Crippen LogP contribution is 2.10. The molecule has 0 spiro atoms. The number of rotatable bonds is 13. The van der Waals surface area contributed by atoms with Crippen LogP contribution in [0.3, 0.4) is 0 Å². The van der Waals surface area contributed by atoms with Gasteiger partial charge in [-0.3, -0.25) is 14.4 Å². The molecule has 200 valence electrons. The second kappa shape index (κ2) is 14.6. The van der Waals surface area contributed by atoms with Crippen molar-refractivity contribution in [3.05, 3.63) is 71.8 Å². The quantitative estimate of drug-likeness (QED) is 0.328. The summed E-state index contributed by atoms with van der Waals surface area (Å²) in [5, 5.41) is 8.03.